The Balaban J connectivity index is 1.65. The number of aryl methyl sites for hydroxylation is 1. The van der Waals surface area contributed by atoms with Gasteiger partial charge < -0.3 is 15.1 Å². The van der Waals surface area contributed by atoms with Gasteiger partial charge in [-0.05, 0) is 49.1 Å². The number of nitrogens with zero attached hydrogens (tertiary/aromatic N) is 3. The van der Waals surface area contributed by atoms with Crippen molar-refractivity contribution in [2.45, 2.75) is 27.7 Å². The summed E-state index contributed by atoms with van der Waals surface area (Å²) in [5.74, 6) is 0.329. The van der Waals surface area contributed by atoms with E-state index < -0.39 is 0 Å². The topological polar surface area (TPSA) is 48.5 Å². The highest BCUT2D eigenvalue weighted by atomic mass is 16.1. The van der Waals surface area contributed by atoms with E-state index in [1.165, 1.54) is 16.8 Å². The fourth-order valence-electron chi connectivity index (χ4n) is 3.41. The predicted octanol–water partition coefficient (Wildman–Crippen LogP) is 3.41. The molecule has 1 aliphatic heterocycles. The molecule has 1 N–H and O–H groups in total. The number of piperazine rings is 1. The molecule has 0 saturated carbocycles. The average Bonchev–Trinajstić information content (AvgIpc) is 2.68. The van der Waals surface area contributed by atoms with Crippen LogP contribution in [0, 0.1) is 19.8 Å². The third kappa shape index (κ3) is 4.59. The molecule has 2 aromatic rings. The number of hydrogen-bond donors (Lipinski definition) is 1. The van der Waals surface area contributed by atoms with Crippen LogP contribution in [-0.4, -0.2) is 43.6 Å². The Bertz CT molecular complexity index is 795. The van der Waals surface area contributed by atoms with Crippen molar-refractivity contribution in [3.05, 3.63) is 53.3 Å². The minimum absolute atomic E-state index is 0.0976. The Morgan fingerprint density at radius 3 is 2.52 bits per heavy atom. The van der Waals surface area contributed by atoms with Gasteiger partial charge in [0.15, 0.2) is 0 Å². The normalized spacial score (nSPS) is 14.6. The number of pyridine rings is 1. The molecule has 0 spiro atoms. The first-order valence-electron chi connectivity index (χ1n) is 9.76. The number of aromatic nitrogens is 1. The van der Waals surface area contributed by atoms with Crippen molar-refractivity contribution in [1.29, 1.82) is 0 Å². The summed E-state index contributed by atoms with van der Waals surface area (Å²) in [5, 5.41) is 2.94. The number of amides is 1. The van der Waals surface area contributed by atoms with E-state index in [4.69, 9.17) is 0 Å². The maximum atomic E-state index is 12.3. The van der Waals surface area contributed by atoms with Crippen molar-refractivity contribution in [3.63, 3.8) is 0 Å². The van der Waals surface area contributed by atoms with Gasteiger partial charge in [-0.2, -0.15) is 0 Å². The van der Waals surface area contributed by atoms with Crippen molar-refractivity contribution in [2.24, 2.45) is 5.92 Å². The number of nitrogens with one attached hydrogen (secondary N) is 1. The van der Waals surface area contributed by atoms with E-state index in [1.54, 1.807) is 6.20 Å². The standard InChI is InChI=1S/C22H30N4O/c1-16(2)15-24-22(27)20-14-19(8-9-23-20)25-10-12-26(13-11-25)21-7-5-6-17(3)18(21)4/h5-9,14,16H,10-13,15H2,1-4H3,(H,24,27). The quantitative estimate of drug-likeness (QED) is 0.881. The van der Waals surface area contributed by atoms with E-state index >= 15 is 0 Å². The molecular formula is C22H30N4O. The van der Waals surface area contributed by atoms with Crippen molar-refractivity contribution < 1.29 is 4.79 Å². The molecule has 1 aromatic carbocycles. The second kappa shape index (κ2) is 8.42. The summed E-state index contributed by atoms with van der Waals surface area (Å²) in [6.45, 7) is 13.0. The highest BCUT2D eigenvalue weighted by molar-refractivity contribution is 5.93. The van der Waals surface area contributed by atoms with Crippen molar-refractivity contribution in [1.82, 2.24) is 10.3 Å². The van der Waals surface area contributed by atoms with E-state index in [9.17, 15) is 4.79 Å². The molecule has 144 valence electrons. The van der Waals surface area contributed by atoms with Gasteiger partial charge in [0.1, 0.15) is 5.69 Å². The largest absolute Gasteiger partial charge is 0.368 e. The van der Waals surface area contributed by atoms with Gasteiger partial charge in [-0.15, -0.1) is 0 Å². The summed E-state index contributed by atoms with van der Waals surface area (Å²) in [6, 6.07) is 10.4. The molecular weight excluding hydrogens is 336 g/mol. The van der Waals surface area contributed by atoms with Crippen LogP contribution in [-0.2, 0) is 0 Å². The Morgan fingerprint density at radius 1 is 1.11 bits per heavy atom. The summed E-state index contributed by atoms with van der Waals surface area (Å²) < 4.78 is 0. The molecule has 0 aliphatic carbocycles. The summed E-state index contributed by atoms with van der Waals surface area (Å²) in [5.41, 5.74) is 5.59. The first-order valence-corrected chi connectivity index (χ1v) is 9.76. The van der Waals surface area contributed by atoms with Crippen LogP contribution in [0.5, 0.6) is 0 Å². The zero-order chi connectivity index (χ0) is 19.4. The molecule has 0 atom stereocenters. The maximum absolute atomic E-state index is 12.3. The Hall–Kier alpha value is -2.56. The van der Waals surface area contributed by atoms with Crippen LogP contribution >= 0.6 is 0 Å². The van der Waals surface area contributed by atoms with Crippen LogP contribution in [0.3, 0.4) is 0 Å². The van der Waals surface area contributed by atoms with Crippen LogP contribution in [0.1, 0.15) is 35.5 Å². The Labute approximate surface area is 162 Å². The van der Waals surface area contributed by atoms with Gasteiger partial charge in [0.2, 0.25) is 0 Å². The molecule has 1 aliphatic rings. The number of rotatable bonds is 5. The molecule has 3 rings (SSSR count). The second-order valence-electron chi connectivity index (χ2n) is 7.70. The fourth-order valence-corrected chi connectivity index (χ4v) is 3.41. The number of benzene rings is 1. The lowest BCUT2D eigenvalue weighted by Gasteiger charge is -2.38. The average molecular weight is 367 g/mol. The molecule has 0 bridgehead atoms. The third-order valence-corrected chi connectivity index (χ3v) is 5.21. The number of carbonyl (C=O) groups is 1. The smallest absolute Gasteiger partial charge is 0.269 e. The molecule has 0 unspecified atom stereocenters. The summed E-state index contributed by atoms with van der Waals surface area (Å²) in [4.78, 5) is 21.3. The maximum Gasteiger partial charge on any atom is 0.269 e. The van der Waals surface area contributed by atoms with Crippen molar-refractivity contribution in [2.75, 3.05) is 42.5 Å². The van der Waals surface area contributed by atoms with Gasteiger partial charge in [0.25, 0.3) is 5.91 Å². The molecule has 1 aromatic heterocycles. The molecule has 1 amide bonds. The lowest BCUT2D eigenvalue weighted by molar-refractivity contribution is 0.0944. The van der Waals surface area contributed by atoms with Crippen LogP contribution in [0.25, 0.3) is 0 Å². The third-order valence-electron chi connectivity index (χ3n) is 5.21. The highest BCUT2D eigenvalue weighted by Crippen LogP contribution is 2.25. The molecule has 0 radical (unpaired) electrons. The highest BCUT2D eigenvalue weighted by Gasteiger charge is 2.20. The zero-order valence-corrected chi connectivity index (χ0v) is 16.8. The minimum atomic E-state index is -0.0976. The van der Waals surface area contributed by atoms with Crippen LogP contribution in [0.15, 0.2) is 36.5 Å². The fraction of sp³-hybridized carbons (Fsp3) is 0.455. The molecule has 1 saturated heterocycles. The molecule has 5 heteroatoms. The van der Waals surface area contributed by atoms with E-state index in [0.717, 1.165) is 31.9 Å². The first kappa shape index (κ1) is 19.2. The Kier molecular flexibility index (Phi) is 5.99. The van der Waals surface area contributed by atoms with Gasteiger partial charge in [-0.1, -0.05) is 26.0 Å². The predicted molar refractivity (Wildman–Crippen MR) is 112 cm³/mol. The summed E-state index contributed by atoms with van der Waals surface area (Å²) >= 11 is 0. The SMILES string of the molecule is Cc1cccc(N2CCN(c3ccnc(C(=O)NCC(C)C)c3)CC2)c1C. The van der Waals surface area contributed by atoms with E-state index in [1.807, 2.05) is 12.1 Å². The van der Waals surface area contributed by atoms with Gasteiger partial charge >= 0.3 is 0 Å². The van der Waals surface area contributed by atoms with Gasteiger partial charge in [-0.25, -0.2) is 0 Å². The lowest BCUT2D eigenvalue weighted by atomic mass is 10.1. The number of hydrogen-bond acceptors (Lipinski definition) is 4. The van der Waals surface area contributed by atoms with E-state index in [0.29, 0.717) is 18.2 Å². The molecule has 27 heavy (non-hydrogen) atoms. The first-order chi connectivity index (χ1) is 13.0. The van der Waals surface area contributed by atoms with Gasteiger partial charge in [-0.3, -0.25) is 9.78 Å². The van der Waals surface area contributed by atoms with Crippen LogP contribution < -0.4 is 15.1 Å². The van der Waals surface area contributed by atoms with Crippen LogP contribution in [0.2, 0.25) is 0 Å². The second-order valence-corrected chi connectivity index (χ2v) is 7.70. The van der Waals surface area contributed by atoms with E-state index in [2.05, 4.69) is 66.0 Å². The summed E-state index contributed by atoms with van der Waals surface area (Å²) in [6.07, 6.45) is 1.73. The van der Waals surface area contributed by atoms with Gasteiger partial charge in [0.05, 0.1) is 0 Å². The summed E-state index contributed by atoms with van der Waals surface area (Å²) in [7, 11) is 0. The lowest BCUT2D eigenvalue weighted by Crippen LogP contribution is -2.46. The van der Waals surface area contributed by atoms with E-state index in [-0.39, 0.29) is 5.91 Å². The van der Waals surface area contributed by atoms with Crippen molar-refractivity contribution in [3.8, 4) is 0 Å². The Morgan fingerprint density at radius 2 is 1.81 bits per heavy atom. The molecule has 2 heterocycles. The van der Waals surface area contributed by atoms with Crippen LogP contribution in [0.4, 0.5) is 11.4 Å². The number of carbonyl (C=O) groups excluding carboxylic acids is 1. The minimum Gasteiger partial charge on any atom is -0.368 e. The zero-order valence-electron chi connectivity index (χ0n) is 16.8. The van der Waals surface area contributed by atoms with Crippen molar-refractivity contribution >= 4 is 17.3 Å². The monoisotopic (exact) mass is 366 g/mol. The number of anilines is 2. The molecule has 5 nitrogen and oxygen atoms in total. The van der Waals surface area contributed by atoms with Gasteiger partial charge in [0, 0.05) is 50.3 Å². The molecule has 1 fully saturated rings.